The van der Waals surface area contributed by atoms with Gasteiger partial charge in [0.15, 0.2) is 0 Å². The molecule has 0 rings (SSSR count). The van der Waals surface area contributed by atoms with E-state index in [-0.39, 0.29) is 6.42 Å². The SMILES string of the molecule is CC(O)(CI)CCOP(=O)(O)OP(=O)(O)OP(=O)(O)O. The van der Waals surface area contributed by atoms with Gasteiger partial charge in [-0.2, -0.15) is 8.62 Å². The van der Waals surface area contributed by atoms with Crippen molar-refractivity contribution in [3.8, 4) is 0 Å². The third-order valence-electron chi connectivity index (χ3n) is 1.60. The lowest BCUT2D eigenvalue weighted by molar-refractivity contribution is 0.0569. The number of phosphoric ester groups is 1. The number of aliphatic hydroxyl groups is 1. The van der Waals surface area contributed by atoms with Crippen LogP contribution in [0.2, 0.25) is 0 Å². The quantitative estimate of drug-likeness (QED) is 0.184. The second-order valence-electron chi connectivity index (χ2n) is 3.80. The van der Waals surface area contributed by atoms with Crippen LogP contribution in [0.5, 0.6) is 0 Å². The summed E-state index contributed by atoms with van der Waals surface area (Å²) in [7, 11) is -16.0. The number of phosphoric acid groups is 3. The zero-order chi connectivity index (χ0) is 16.2. The smallest absolute Gasteiger partial charge is 0.389 e. The van der Waals surface area contributed by atoms with Crippen molar-refractivity contribution in [2.45, 2.75) is 18.9 Å². The van der Waals surface area contributed by atoms with Crippen molar-refractivity contribution in [3.05, 3.63) is 0 Å². The lowest BCUT2D eigenvalue weighted by Crippen LogP contribution is -2.27. The van der Waals surface area contributed by atoms with Crippen LogP contribution in [0.4, 0.5) is 0 Å². The van der Waals surface area contributed by atoms with E-state index in [4.69, 9.17) is 19.6 Å². The Kier molecular flexibility index (Phi) is 8.00. The molecule has 15 heteroatoms. The van der Waals surface area contributed by atoms with Crippen molar-refractivity contribution < 1.29 is 51.5 Å². The molecule has 0 amide bonds. The molecule has 0 heterocycles. The maximum absolute atomic E-state index is 11.3. The van der Waals surface area contributed by atoms with Gasteiger partial charge in [-0.05, 0) is 6.92 Å². The molecule has 3 atom stereocenters. The van der Waals surface area contributed by atoms with Gasteiger partial charge in [-0.1, -0.05) is 22.6 Å². The van der Waals surface area contributed by atoms with E-state index in [0.717, 1.165) is 0 Å². The molecule has 0 radical (unpaired) electrons. The van der Waals surface area contributed by atoms with Crippen LogP contribution in [0.1, 0.15) is 13.3 Å². The van der Waals surface area contributed by atoms with Crippen molar-refractivity contribution in [3.63, 3.8) is 0 Å². The van der Waals surface area contributed by atoms with E-state index >= 15 is 0 Å². The first-order chi connectivity index (χ1) is 8.68. The summed E-state index contributed by atoms with van der Waals surface area (Å²) in [5, 5.41) is 9.57. The van der Waals surface area contributed by atoms with Gasteiger partial charge in [-0.3, -0.25) is 4.52 Å². The number of hydrogen-bond donors (Lipinski definition) is 5. The minimum absolute atomic E-state index is 0.0844. The van der Waals surface area contributed by atoms with Crippen molar-refractivity contribution in [2.75, 3.05) is 11.0 Å². The highest BCUT2D eigenvalue weighted by Crippen LogP contribution is 2.66. The van der Waals surface area contributed by atoms with Gasteiger partial charge in [0, 0.05) is 10.8 Å². The number of alkyl halides is 1. The van der Waals surface area contributed by atoms with Crippen LogP contribution in [0.15, 0.2) is 0 Å². The van der Waals surface area contributed by atoms with Gasteiger partial charge in [0.1, 0.15) is 0 Å². The Morgan fingerprint density at radius 1 is 1.05 bits per heavy atom. The molecule has 20 heavy (non-hydrogen) atoms. The second-order valence-corrected chi connectivity index (χ2v) is 8.99. The molecule has 0 fully saturated rings. The average Bonchev–Trinajstić information content (AvgIpc) is 2.10. The van der Waals surface area contributed by atoms with Gasteiger partial charge in [0.05, 0.1) is 12.2 Å². The number of rotatable bonds is 9. The summed E-state index contributed by atoms with van der Waals surface area (Å²) in [6.07, 6.45) is -0.0844. The molecule has 0 saturated carbocycles. The van der Waals surface area contributed by atoms with E-state index in [2.05, 4.69) is 13.1 Å². The Morgan fingerprint density at radius 2 is 1.55 bits per heavy atom. The predicted molar refractivity (Wildman–Crippen MR) is 73.9 cm³/mol. The third-order valence-corrected chi connectivity index (χ3v) is 7.08. The maximum Gasteiger partial charge on any atom is 0.490 e. The molecule has 0 saturated heterocycles. The molecule has 0 aromatic heterocycles. The zero-order valence-corrected chi connectivity index (χ0v) is 14.9. The van der Waals surface area contributed by atoms with E-state index in [9.17, 15) is 18.8 Å². The topological polar surface area (TPSA) is 180 Å². The lowest BCUT2D eigenvalue weighted by atomic mass is 10.1. The highest BCUT2D eigenvalue weighted by molar-refractivity contribution is 14.1. The second kappa shape index (κ2) is 7.58. The molecule has 0 aliphatic rings. The van der Waals surface area contributed by atoms with Crippen molar-refractivity contribution in [1.82, 2.24) is 0 Å². The summed E-state index contributed by atoms with van der Waals surface area (Å²) < 4.78 is 44.1. The van der Waals surface area contributed by atoms with Gasteiger partial charge >= 0.3 is 23.5 Å². The first-order valence-electron chi connectivity index (χ1n) is 4.75. The molecule has 0 bridgehead atoms. The molecule has 0 aliphatic heterocycles. The molecule has 0 spiro atoms. The largest absolute Gasteiger partial charge is 0.490 e. The van der Waals surface area contributed by atoms with E-state index in [1.165, 1.54) is 6.92 Å². The zero-order valence-electron chi connectivity index (χ0n) is 10.0. The van der Waals surface area contributed by atoms with Crippen molar-refractivity contribution >= 4 is 46.1 Å². The Labute approximate surface area is 127 Å². The minimum Gasteiger partial charge on any atom is -0.389 e. The van der Waals surface area contributed by atoms with Gasteiger partial charge in [-0.15, -0.1) is 0 Å². The molecular formula is C5H14IO11P3. The van der Waals surface area contributed by atoms with Gasteiger partial charge in [0.25, 0.3) is 0 Å². The van der Waals surface area contributed by atoms with Crippen LogP contribution < -0.4 is 0 Å². The average molecular weight is 470 g/mol. The summed E-state index contributed by atoms with van der Waals surface area (Å²) in [6, 6.07) is 0. The molecule has 3 unspecified atom stereocenters. The number of hydrogen-bond acceptors (Lipinski definition) is 7. The number of halogens is 1. The highest BCUT2D eigenvalue weighted by atomic mass is 127. The molecule has 0 aliphatic carbocycles. The summed E-state index contributed by atoms with van der Waals surface area (Å²) in [4.78, 5) is 34.5. The monoisotopic (exact) mass is 470 g/mol. The van der Waals surface area contributed by atoms with Crippen LogP contribution >= 0.6 is 46.1 Å². The highest BCUT2D eigenvalue weighted by Gasteiger charge is 2.40. The standard InChI is InChI=1S/C5H14IO11P3/c1-5(7,4-6)2-3-15-19(11,12)17-20(13,14)16-18(8,9)10/h7H,2-4H2,1H3,(H,11,12)(H,13,14)(H2,8,9,10). The first kappa shape index (κ1) is 21.1. The summed E-state index contributed by atoms with van der Waals surface area (Å²) in [6.45, 7) is 0.930. The van der Waals surface area contributed by atoms with Crippen molar-refractivity contribution in [2.24, 2.45) is 0 Å². The molecule has 0 aromatic rings. The van der Waals surface area contributed by atoms with Crippen LogP contribution in [-0.2, 0) is 26.8 Å². The van der Waals surface area contributed by atoms with Crippen LogP contribution in [0, 0.1) is 0 Å². The predicted octanol–water partition coefficient (Wildman–Crippen LogP) is 0.906. The van der Waals surface area contributed by atoms with Crippen LogP contribution in [0.3, 0.4) is 0 Å². The molecule has 122 valence electrons. The van der Waals surface area contributed by atoms with E-state index in [0.29, 0.717) is 4.43 Å². The Hall–Kier alpha value is 1.10. The third kappa shape index (κ3) is 10.8. The van der Waals surface area contributed by atoms with Gasteiger partial charge in [-0.25, -0.2) is 13.7 Å². The van der Waals surface area contributed by atoms with Gasteiger partial charge in [0.2, 0.25) is 0 Å². The van der Waals surface area contributed by atoms with Crippen LogP contribution in [-0.4, -0.2) is 41.3 Å². The Bertz CT molecular complexity index is 457. The fourth-order valence-corrected chi connectivity index (χ4v) is 4.15. The maximum atomic E-state index is 11.3. The molecule has 11 nitrogen and oxygen atoms in total. The summed E-state index contributed by atoms with van der Waals surface area (Å²) in [5.74, 6) is 0. The van der Waals surface area contributed by atoms with E-state index in [1.807, 2.05) is 22.6 Å². The molecular weight excluding hydrogens is 456 g/mol. The lowest BCUT2D eigenvalue weighted by Gasteiger charge is -2.21. The fourth-order valence-electron chi connectivity index (χ4n) is 0.751. The van der Waals surface area contributed by atoms with Gasteiger partial charge < -0.3 is 24.7 Å². The summed E-state index contributed by atoms with van der Waals surface area (Å²) >= 11 is 1.87. The summed E-state index contributed by atoms with van der Waals surface area (Å²) in [5.41, 5.74) is -1.19. The van der Waals surface area contributed by atoms with Crippen molar-refractivity contribution in [1.29, 1.82) is 0 Å². The minimum atomic E-state index is -5.49. The van der Waals surface area contributed by atoms with Crippen LogP contribution in [0.25, 0.3) is 0 Å². The molecule has 0 aromatic carbocycles. The Balaban J connectivity index is 4.49. The fraction of sp³-hybridized carbons (Fsp3) is 1.00. The van der Waals surface area contributed by atoms with E-state index < -0.39 is 35.7 Å². The normalized spacial score (nSPS) is 21.8. The van der Waals surface area contributed by atoms with E-state index in [1.54, 1.807) is 0 Å². The molecule has 5 N–H and O–H groups in total. The Morgan fingerprint density at radius 3 is 1.95 bits per heavy atom. The first-order valence-corrected chi connectivity index (χ1v) is 10.8.